The lowest BCUT2D eigenvalue weighted by Gasteiger charge is -2.12. The summed E-state index contributed by atoms with van der Waals surface area (Å²) in [7, 11) is 0. The molecule has 4 heteroatoms. The summed E-state index contributed by atoms with van der Waals surface area (Å²) in [6.07, 6.45) is -2.62. The second-order valence-corrected chi connectivity index (χ2v) is 3.58. The predicted molar refractivity (Wildman–Crippen MR) is 60.7 cm³/mol. The van der Waals surface area contributed by atoms with E-state index in [0.717, 1.165) is 16.7 Å². The topological polar surface area (TPSA) is 26.0 Å². The van der Waals surface area contributed by atoms with Gasteiger partial charge in [-0.1, -0.05) is 18.2 Å². The van der Waals surface area contributed by atoms with E-state index in [0.29, 0.717) is 0 Å². The molecule has 0 aliphatic rings. The van der Waals surface area contributed by atoms with Crippen molar-refractivity contribution in [1.82, 2.24) is 0 Å². The molecule has 0 amide bonds. The summed E-state index contributed by atoms with van der Waals surface area (Å²) in [6, 6.07) is 5.04. The van der Waals surface area contributed by atoms with Gasteiger partial charge in [0.1, 0.15) is 0 Å². The standard InChI is InChI=1S/C11H15F2N.ClH/c1-7-3-4-9(5-8(7)2)10(14)6-11(12)13;/h3-5,10-11H,6,14H2,1-2H3;1H/t10-;/m0./s1. The number of hydrogen-bond donors (Lipinski definition) is 1. The van der Waals surface area contributed by atoms with Crippen LogP contribution in [0.25, 0.3) is 0 Å². The molecule has 0 radical (unpaired) electrons. The first-order valence-electron chi connectivity index (χ1n) is 4.61. The summed E-state index contributed by atoms with van der Waals surface area (Å²) in [5.74, 6) is 0. The van der Waals surface area contributed by atoms with E-state index >= 15 is 0 Å². The van der Waals surface area contributed by atoms with E-state index in [4.69, 9.17) is 5.73 Å². The third-order valence-electron chi connectivity index (χ3n) is 2.39. The molecule has 0 heterocycles. The molecule has 0 spiro atoms. The van der Waals surface area contributed by atoms with Crippen molar-refractivity contribution in [3.05, 3.63) is 34.9 Å². The van der Waals surface area contributed by atoms with Crippen LogP contribution in [0.3, 0.4) is 0 Å². The second-order valence-electron chi connectivity index (χ2n) is 3.58. The third-order valence-corrected chi connectivity index (χ3v) is 2.39. The Hall–Kier alpha value is -0.670. The first-order valence-corrected chi connectivity index (χ1v) is 4.61. The molecule has 0 aliphatic heterocycles. The summed E-state index contributed by atoms with van der Waals surface area (Å²) in [5, 5.41) is 0. The number of alkyl halides is 2. The fraction of sp³-hybridized carbons (Fsp3) is 0.455. The summed E-state index contributed by atoms with van der Waals surface area (Å²) in [6.45, 7) is 3.94. The molecule has 86 valence electrons. The molecule has 1 atom stereocenters. The lowest BCUT2D eigenvalue weighted by molar-refractivity contribution is 0.128. The van der Waals surface area contributed by atoms with Crippen molar-refractivity contribution in [3.63, 3.8) is 0 Å². The van der Waals surface area contributed by atoms with Crippen LogP contribution in [0.1, 0.15) is 29.2 Å². The molecule has 2 N–H and O–H groups in total. The fourth-order valence-electron chi connectivity index (χ4n) is 1.32. The molecule has 0 aromatic heterocycles. The number of benzene rings is 1. The minimum absolute atomic E-state index is 0. The fourth-order valence-corrected chi connectivity index (χ4v) is 1.32. The molecule has 0 aliphatic carbocycles. The van der Waals surface area contributed by atoms with Crippen molar-refractivity contribution >= 4 is 12.4 Å². The molecule has 1 rings (SSSR count). The second kappa shape index (κ2) is 6.03. The molecule has 15 heavy (non-hydrogen) atoms. The van der Waals surface area contributed by atoms with Crippen LogP contribution in [-0.2, 0) is 0 Å². The highest BCUT2D eigenvalue weighted by atomic mass is 35.5. The van der Waals surface area contributed by atoms with Crippen LogP contribution < -0.4 is 5.73 Å². The lowest BCUT2D eigenvalue weighted by Crippen LogP contribution is -2.14. The Morgan fingerprint density at radius 1 is 1.20 bits per heavy atom. The van der Waals surface area contributed by atoms with Crippen molar-refractivity contribution in [2.45, 2.75) is 32.7 Å². The van der Waals surface area contributed by atoms with Crippen LogP contribution in [-0.4, -0.2) is 6.43 Å². The number of nitrogens with two attached hydrogens (primary N) is 1. The van der Waals surface area contributed by atoms with E-state index in [9.17, 15) is 8.78 Å². The number of rotatable bonds is 3. The summed E-state index contributed by atoms with van der Waals surface area (Å²) in [4.78, 5) is 0. The smallest absolute Gasteiger partial charge is 0.240 e. The maximum absolute atomic E-state index is 12.1. The van der Waals surface area contributed by atoms with Crippen LogP contribution in [0.2, 0.25) is 0 Å². The summed E-state index contributed by atoms with van der Waals surface area (Å²) < 4.78 is 24.1. The van der Waals surface area contributed by atoms with Gasteiger partial charge in [0.05, 0.1) is 0 Å². The summed E-state index contributed by atoms with van der Waals surface area (Å²) >= 11 is 0. The van der Waals surface area contributed by atoms with E-state index < -0.39 is 12.5 Å². The lowest BCUT2D eigenvalue weighted by atomic mass is 10.00. The molecule has 0 saturated heterocycles. The monoisotopic (exact) mass is 235 g/mol. The molecular formula is C11H16ClF2N. The van der Waals surface area contributed by atoms with Gasteiger partial charge < -0.3 is 5.73 Å². The molecule has 1 aromatic rings. The van der Waals surface area contributed by atoms with Crippen molar-refractivity contribution in [3.8, 4) is 0 Å². The molecule has 1 nitrogen and oxygen atoms in total. The predicted octanol–water partition coefficient (Wildman–Crippen LogP) is 3.38. The van der Waals surface area contributed by atoms with Gasteiger partial charge in [0.2, 0.25) is 6.43 Å². The van der Waals surface area contributed by atoms with E-state index in [2.05, 4.69) is 0 Å². The number of aryl methyl sites for hydroxylation is 2. The Morgan fingerprint density at radius 3 is 2.27 bits per heavy atom. The van der Waals surface area contributed by atoms with E-state index in [-0.39, 0.29) is 18.8 Å². The Labute approximate surface area is 95.1 Å². The summed E-state index contributed by atoms with van der Waals surface area (Å²) in [5.41, 5.74) is 8.66. The van der Waals surface area contributed by atoms with Gasteiger partial charge >= 0.3 is 0 Å². The van der Waals surface area contributed by atoms with Crippen LogP contribution in [0.4, 0.5) is 8.78 Å². The highest BCUT2D eigenvalue weighted by Gasteiger charge is 2.12. The quantitative estimate of drug-likeness (QED) is 0.854. The van der Waals surface area contributed by atoms with Gasteiger partial charge in [-0.05, 0) is 30.5 Å². The van der Waals surface area contributed by atoms with E-state index in [1.165, 1.54) is 0 Å². The molecular weight excluding hydrogens is 220 g/mol. The van der Waals surface area contributed by atoms with Gasteiger partial charge in [-0.15, -0.1) is 12.4 Å². The Kier molecular flexibility index (Phi) is 5.76. The van der Waals surface area contributed by atoms with Gasteiger partial charge in [-0.2, -0.15) is 0 Å². The van der Waals surface area contributed by atoms with Crippen molar-refractivity contribution in [1.29, 1.82) is 0 Å². The van der Waals surface area contributed by atoms with Gasteiger partial charge in [0.25, 0.3) is 0 Å². The first kappa shape index (κ1) is 14.3. The van der Waals surface area contributed by atoms with Crippen LogP contribution in [0.5, 0.6) is 0 Å². The minimum Gasteiger partial charge on any atom is -0.324 e. The Bertz CT molecular complexity index is 315. The van der Waals surface area contributed by atoms with Gasteiger partial charge in [-0.25, -0.2) is 8.78 Å². The highest BCUT2D eigenvalue weighted by Crippen LogP contribution is 2.20. The largest absolute Gasteiger partial charge is 0.324 e. The van der Waals surface area contributed by atoms with Crippen molar-refractivity contribution in [2.24, 2.45) is 5.73 Å². The molecule has 0 saturated carbocycles. The zero-order valence-electron chi connectivity index (χ0n) is 8.84. The molecule has 1 aromatic carbocycles. The van der Waals surface area contributed by atoms with E-state index in [1.807, 2.05) is 32.0 Å². The molecule has 0 fully saturated rings. The van der Waals surface area contributed by atoms with Crippen LogP contribution in [0, 0.1) is 13.8 Å². The van der Waals surface area contributed by atoms with Crippen molar-refractivity contribution < 1.29 is 8.78 Å². The maximum Gasteiger partial charge on any atom is 0.240 e. The number of halogens is 3. The maximum atomic E-state index is 12.1. The SMILES string of the molecule is Cc1ccc([C@@H](N)CC(F)F)cc1C.Cl. The minimum atomic E-state index is -2.34. The van der Waals surface area contributed by atoms with E-state index in [1.54, 1.807) is 0 Å². The Morgan fingerprint density at radius 2 is 1.80 bits per heavy atom. The van der Waals surface area contributed by atoms with Crippen molar-refractivity contribution in [2.75, 3.05) is 0 Å². The molecule has 0 bridgehead atoms. The van der Waals surface area contributed by atoms with Crippen LogP contribution >= 0.6 is 12.4 Å². The average Bonchev–Trinajstić information content (AvgIpc) is 2.08. The first-order chi connectivity index (χ1) is 6.50. The third kappa shape index (κ3) is 4.14. The molecule has 0 unspecified atom stereocenters. The zero-order valence-corrected chi connectivity index (χ0v) is 9.65. The Balaban J connectivity index is 0.00000196. The van der Waals surface area contributed by atoms with Gasteiger partial charge in [0, 0.05) is 12.5 Å². The number of hydrogen-bond acceptors (Lipinski definition) is 1. The van der Waals surface area contributed by atoms with Gasteiger partial charge in [-0.3, -0.25) is 0 Å². The average molecular weight is 236 g/mol. The van der Waals surface area contributed by atoms with Crippen LogP contribution in [0.15, 0.2) is 18.2 Å². The normalized spacial score (nSPS) is 12.4. The van der Waals surface area contributed by atoms with Gasteiger partial charge in [0.15, 0.2) is 0 Å². The zero-order chi connectivity index (χ0) is 10.7. The highest BCUT2D eigenvalue weighted by molar-refractivity contribution is 5.85.